The molecule has 2 atom stereocenters. The second kappa shape index (κ2) is 7.33. The van der Waals surface area contributed by atoms with Crippen LogP contribution < -0.4 is 10.2 Å². The molecule has 0 bridgehead atoms. The first-order valence-electron chi connectivity index (χ1n) is 9.83. The SMILES string of the molecule is CCN(C(=O)CN1C(=O)NC2(C1=O)[C@H](C)CCC[C@H]2C)c1ccccc1C. The first kappa shape index (κ1) is 19.4. The number of nitrogens with zero attached hydrogens (tertiary/aromatic N) is 2. The lowest BCUT2D eigenvalue weighted by molar-refractivity contribution is -0.138. The van der Waals surface area contributed by atoms with Crippen LogP contribution in [0.25, 0.3) is 0 Å². The maximum Gasteiger partial charge on any atom is 0.325 e. The van der Waals surface area contributed by atoms with Crippen LogP contribution in [0.3, 0.4) is 0 Å². The van der Waals surface area contributed by atoms with Crippen molar-refractivity contribution in [2.75, 3.05) is 18.0 Å². The highest BCUT2D eigenvalue weighted by atomic mass is 16.2. The lowest BCUT2D eigenvalue weighted by Gasteiger charge is -2.42. The highest BCUT2D eigenvalue weighted by Crippen LogP contribution is 2.42. The molecule has 0 unspecified atom stereocenters. The van der Waals surface area contributed by atoms with Gasteiger partial charge in [-0.3, -0.25) is 14.5 Å². The predicted molar refractivity (Wildman–Crippen MR) is 104 cm³/mol. The third-order valence-electron chi connectivity index (χ3n) is 6.30. The summed E-state index contributed by atoms with van der Waals surface area (Å²) in [5.74, 6) is -0.363. The van der Waals surface area contributed by atoms with Gasteiger partial charge >= 0.3 is 6.03 Å². The fourth-order valence-electron chi connectivity index (χ4n) is 4.66. The number of nitrogens with one attached hydrogen (secondary N) is 1. The van der Waals surface area contributed by atoms with Crippen LogP contribution in [0.15, 0.2) is 24.3 Å². The maximum atomic E-state index is 13.2. The average Bonchev–Trinajstić information content (AvgIpc) is 2.88. The summed E-state index contributed by atoms with van der Waals surface area (Å²) in [6.45, 7) is 8.12. The van der Waals surface area contributed by atoms with E-state index in [1.54, 1.807) is 4.90 Å². The average molecular weight is 371 g/mol. The molecule has 1 aliphatic heterocycles. The van der Waals surface area contributed by atoms with Crippen molar-refractivity contribution < 1.29 is 14.4 Å². The molecule has 1 saturated carbocycles. The number of benzene rings is 1. The van der Waals surface area contributed by atoms with Gasteiger partial charge in [0.1, 0.15) is 12.1 Å². The Morgan fingerprint density at radius 2 is 1.85 bits per heavy atom. The molecule has 4 amide bonds. The Labute approximate surface area is 160 Å². The number of para-hydroxylation sites is 1. The van der Waals surface area contributed by atoms with E-state index in [0.29, 0.717) is 6.54 Å². The highest BCUT2D eigenvalue weighted by molar-refractivity contribution is 6.10. The van der Waals surface area contributed by atoms with Crippen LogP contribution in [0.4, 0.5) is 10.5 Å². The summed E-state index contributed by atoms with van der Waals surface area (Å²) in [5, 5.41) is 2.95. The van der Waals surface area contributed by atoms with E-state index < -0.39 is 11.6 Å². The van der Waals surface area contributed by atoms with Gasteiger partial charge in [-0.15, -0.1) is 0 Å². The van der Waals surface area contributed by atoms with Crippen LogP contribution in [0, 0.1) is 18.8 Å². The molecule has 1 heterocycles. The first-order valence-corrected chi connectivity index (χ1v) is 9.83. The number of imide groups is 1. The van der Waals surface area contributed by atoms with Gasteiger partial charge in [-0.2, -0.15) is 0 Å². The van der Waals surface area contributed by atoms with Gasteiger partial charge in [0.25, 0.3) is 5.91 Å². The van der Waals surface area contributed by atoms with E-state index in [1.807, 2.05) is 52.0 Å². The third-order valence-corrected chi connectivity index (χ3v) is 6.30. The van der Waals surface area contributed by atoms with Gasteiger partial charge in [0.2, 0.25) is 5.91 Å². The van der Waals surface area contributed by atoms with Crippen molar-refractivity contribution in [1.82, 2.24) is 10.2 Å². The van der Waals surface area contributed by atoms with E-state index in [0.717, 1.165) is 35.4 Å². The number of urea groups is 1. The van der Waals surface area contributed by atoms with Gasteiger partial charge in [-0.05, 0) is 50.2 Å². The Bertz CT molecular complexity index is 751. The van der Waals surface area contributed by atoms with Crippen LogP contribution in [-0.4, -0.2) is 41.4 Å². The smallest absolute Gasteiger partial charge is 0.323 e. The van der Waals surface area contributed by atoms with Crippen LogP contribution in [-0.2, 0) is 9.59 Å². The number of likely N-dealkylation sites (N-methyl/N-ethyl adjacent to an activating group) is 1. The zero-order chi connectivity index (χ0) is 19.8. The zero-order valence-electron chi connectivity index (χ0n) is 16.6. The molecule has 3 rings (SSSR count). The van der Waals surface area contributed by atoms with Gasteiger partial charge in [-0.1, -0.05) is 38.5 Å². The number of rotatable bonds is 4. The van der Waals surface area contributed by atoms with Crippen LogP contribution >= 0.6 is 0 Å². The van der Waals surface area contributed by atoms with E-state index in [-0.39, 0.29) is 30.2 Å². The van der Waals surface area contributed by atoms with E-state index in [1.165, 1.54) is 0 Å². The van der Waals surface area contributed by atoms with Crippen LogP contribution in [0.5, 0.6) is 0 Å². The molecule has 1 saturated heterocycles. The summed E-state index contributed by atoms with van der Waals surface area (Å²) in [6, 6.07) is 7.18. The quantitative estimate of drug-likeness (QED) is 0.827. The van der Waals surface area contributed by atoms with Crippen LogP contribution in [0.1, 0.15) is 45.6 Å². The van der Waals surface area contributed by atoms with Gasteiger partial charge in [0, 0.05) is 12.2 Å². The summed E-state index contributed by atoms with van der Waals surface area (Å²) >= 11 is 0. The Hall–Kier alpha value is -2.37. The Morgan fingerprint density at radius 1 is 1.22 bits per heavy atom. The van der Waals surface area contributed by atoms with Crippen molar-refractivity contribution in [1.29, 1.82) is 0 Å². The fraction of sp³-hybridized carbons (Fsp3) is 0.571. The molecular formula is C21H29N3O3. The molecule has 1 aromatic rings. The summed E-state index contributed by atoms with van der Waals surface area (Å²) in [4.78, 5) is 41.6. The molecule has 1 N–H and O–H groups in total. The second-order valence-electron chi connectivity index (χ2n) is 7.85. The van der Waals surface area contributed by atoms with Crippen molar-refractivity contribution in [3.63, 3.8) is 0 Å². The molecule has 2 aliphatic rings. The minimum absolute atomic E-state index is 0.0662. The number of aryl methyl sites for hydroxylation is 1. The molecule has 6 nitrogen and oxygen atoms in total. The predicted octanol–water partition coefficient (Wildman–Crippen LogP) is 3.09. The normalized spacial score (nSPS) is 24.2. The van der Waals surface area contributed by atoms with Gasteiger partial charge in [0.15, 0.2) is 0 Å². The summed E-state index contributed by atoms with van der Waals surface area (Å²) in [7, 11) is 0. The molecule has 27 heavy (non-hydrogen) atoms. The summed E-state index contributed by atoms with van der Waals surface area (Å²) in [5.41, 5.74) is 0.928. The Morgan fingerprint density at radius 3 is 2.44 bits per heavy atom. The maximum absolute atomic E-state index is 13.2. The van der Waals surface area contributed by atoms with Crippen molar-refractivity contribution in [3.8, 4) is 0 Å². The largest absolute Gasteiger partial charge is 0.325 e. The number of anilines is 1. The van der Waals surface area contributed by atoms with Crippen molar-refractivity contribution in [2.24, 2.45) is 11.8 Å². The number of carbonyl (C=O) groups excluding carboxylic acids is 3. The zero-order valence-corrected chi connectivity index (χ0v) is 16.6. The van der Waals surface area contributed by atoms with E-state index >= 15 is 0 Å². The number of amides is 4. The molecule has 0 aromatic heterocycles. The third kappa shape index (κ3) is 3.11. The lowest BCUT2D eigenvalue weighted by atomic mass is 9.67. The minimum Gasteiger partial charge on any atom is -0.323 e. The standard InChI is InChI=1S/C21H29N3O3/c1-5-23(17-12-7-6-9-14(17)2)18(25)13-24-19(26)21(22-20(24)27)15(3)10-8-11-16(21)4/h6-7,9,12,15-16H,5,8,10-11,13H2,1-4H3,(H,22,27)/t15-,16-/m1/s1. The van der Waals surface area contributed by atoms with Gasteiger partial charge in [-0.25, -0.2) is 4.79 Å². The first-order chi connectivity index (χ1) is 12.8. The molecule has 1 aromatic carbocycles. The Balaban J connectivity index is 1.83. The topological polar surface area (TPSA) is 69.7 Å². The lowest BCUT2D eigenvalue weighted by Crippen LogP contribution is -2.59. The number of carbonyl (C=O) groups is 3. The van der Waals surface area contributed by atoms with Gasteiger partial charge in [0.05, 0.1) is 0 Å². The second-order valence-corrected chi connectivity index (χ2v) is 7.85. The molecule has 1 spiro atoms. The van der Waals surface area contributed by atoms with Crippen molar-refractivity contribution in [3.05, 3.63) is 29.8 Å². The molecule has 146 valence electrons. The summed E-state index contributed by atoms with van der Waals surface area (Å²) < 4.78 is 0. The molecule has 2 fully saturated rings. The van der Waals surface area contributed by atoms with Crippen LogP contribution in [0.2, 0.25) is 0 Å². The Kier molecular flexibility index (Phi) is 5.27. The van der Waals surface area contributed by atoms with Crippen molar-refractivity contribution in [2.45, 2.75) is 52.5 Å². The summed E-state index contributed by atoms with van der Waals surface area (Å²) in [6.07, 6.45) is 2.87. The van der Waals surface area contributed by atoms with Crippen molar-refractivity contribution >= 4 is 23.5 Å². The number of hydrogen-bond acceptors (Lipinski definition) is 3. The number of hydrogen-bond donors (Lipinski definition) is 1. The molecular weight excluding hydrogens is 342 g/mol. The van der Waals surface area contributed by atoms with E-state index in [4.69, 9.17) is 0 Å². The molecule has 0 radical (unpaired) electrons. The highest BCUT2D eigenvalue weighted by Gasteiger charge is 2.58. The molecule has 6 heteroatoms. The fourth-order valence-corrected chi connectivity index (χ4v) is 4.66. The molecule has 1 aliphatic carbocycles. The van der Waals surface area contributed by atoms with E-state index in [9.17, 15) is 14.4 Å². The van der Waals surface area contributed by atoms with Gasteiger partial charge < -0.3 is 10.2 Å². The monoisotopic (exact) mass is 371 g/mol. The van der Waals surface area contributed by atoms with E-state index in [2.05, 4.69) is 5.32 Å². The minimum atomic E-state index is -0.866.